The summed E-state index contributed by atoms with van der Waals surface area (Å²) in [5, 5.41) is 3.49. The first-order valence-electron chi connectivity index (χ1n) is 9.21. The summed E-state index contributed by atoms with van der Waals surface area (Å²) < 4.78 is 6.53. The van der Waals surface area contributed by atoms with Gasteiger partial charge >= 0.3 is 0 Å². The highest BCUT2D eigenvalue weighted by molar-refractivity contribution is 7.20. The van der Waals surface area contributed by atoms with Crippen LogP contribution in [-0.2, 0) is 16.1 Å². The number of amides is 2. The van der Waals surface area contributed by atoms with Crippen molar-refractivity contribution >= 4 is 50.8 Å². The second-order valence-corrected chi connectivity index (χ2v) is 8.16. The molecule has 0 aromatic carbocycles. The van der Waals surface area contributed by atoms with E-state index in [0.717, 1.165) is 11.3 Å². The maximum atomic E-state index is 13.0. The number of morpholine rings is 1. The summed E-state index contributed by atoms with van der Waals surface area (Å²) in [7, 11) is 0. The highest BCUT2D eigenvalue weighted by atomic mass is 35.5. The van der Waals surface area contributed by atoms with E-state index in [0.29, 0.717) is 57.8 Å². The van der Waals surface area contributed by atoms with Gasteiger partial charge in [0.1, 0.15) is 17.2 Å². The van der Waals surface area contributed by atoms with Crippen LogP contribution >= 0.6 is 22.9 Å². The molecule has 0 saturated carbocycles. The Labute approximate surface area is 180 Å². The molecule has 156 valence electrons. The lowest BCUT2D eigenvalue weighted by Gasteiger charge is -2.26. The van der Waals surface area contributed by atoms with Crippen LogP contribution in [0, 0.1) is 6.92 Å². The lowest BCUT2D eigenvalue weighted by molar-refractivity contribution is -0.135. The largest absolute Gasteiger partial charge is 0.378 e. The summed E-state index contributed by atoms with van der Waals surface area (Å²) in [6, 6.07) is 3.21. The van der Waals surface area contributed by atoms with Gasteiger partial charge in [-0.15, -0.1) is 11.3 Å². The first kappa shape index (κ1) is 20.5. The molecule has 4 heterocycles. The molecule has 1 saturated heterocycles. The Balaban J connectivity index is 1.59. The summed E-state index contributed by atoms with van der Waals surface area (Å²) in [4.78, 5) is 49.0. The van der Waals surface area contributed by atoms with E-state index in [9.17, 15) is 14.4 Å². The number of carbonyl (C=O) groups is 2. The number of nitrogens with one attached hydrogen (secondary N) is 1. The molecule has 1 fully saturated rings. The van der Waals surface area contributed by atoms with Gasteiger partial charge in [-0.3, -0.25) is 19.0 Å². The number of hydrogen-bond acceptors (Lipinski definition) is 7. The van der Waals surface area contributed by atoms with Gasteiger partial charge in [0.25, 0.3) is 11.5 Å². The van der Waals surface area contributed by atoms with Crippen LogP contribution in [-0.4, -0.2) is 57.6 Å². The molecular formula is C19H18ClN5O4S. The summed E-state index contributed by atoms with van der Waals surface area (Å²) in [6.07, 6.45) is 2.78. The molecule has 0 aliphatic carbocycles. The molecule has 4 rings (SSSR count). The Morgan fingerprint density at radius 3 is 2.73 bits per heavy atom. The normalized spacial score (nSPS) is 14.1. The number of aryl methyl sites for hydroxylation is 1. The Bertz CT molecular complexity index is 1170. The van der Waals surface area contributed by atoms with Crippen LogP contribution in [0.15, 0.2) is 29.5 Å². The molecule has 11 heteroatoms. The van der Waals surface area contributed by atoms with Crippen molar-refractivity contribution in [3.8, 4) is 0 Å². The zero-order chi connectivity index (χ0) is 21.3. The van der Waals surface area contributed by atoms with Crippen molar-refractivity contribution in [1.82, 2.24) is 19.4 Å². The molecule has 1 aliphatic rings. The third-order valence-corrected chi connectivity index (χ3v) is 6.18. The van der Waals surface area contributed by atoms with Crippen molar-refractivity contribution in [2.24, 2.45) is 0 Å². The number of anilines is 1. The Kier molecular flexibility index (Phi) is 5.80. The average molecular weight is 448 g/mol. The number of aromatic nitrogens is 3. The molecular weight excluding hydrogens is 430 g/mol. The fraction of sp³-hybridized carbons (Fsp3) is 0.316. The van der Waals surface area contributed by atoms with Gasteiger partial charge in [0.05, 0.1) is 34.8 Å². The fourth-order valence-electron chi connectivity index (χ4n) is 3.17. The molecule has 1 aliphatic heterocycles. The molecule has 2 amide bonds. The van der Waals surface area contributed by atoms with E-state index >= 15 is 0 Å². The van der Waals surface area contributed by atoms with E-state index in [4.69, 9.17) is 16.3 Å². The number of ether oxygens (including phenoxy) is 1. The Morgan fingerprint density at radius 1 is 1.27 bits per heavy atom. The van der Waals surface area contributed by atoms with Gasteiger partial charge in [0.2, 0.25) is 5.91 Å². The van der Waals surface area contributed by atoms with Gasteiger partial charge in [-0.25, -0.2) is 9.97 Å². The third kappa shape index (κ3) is 4.07. The minimum absolute atomic E-state index is 0.104. The van der Waals surface area contributed by atoms with Gasteiger partial charge in [-0.2, -0.15) is 0 Å². The van der Waals surface area contributed by atoms with Crippen LogP contribution in [0.4, 0.5) is 5.82 Å². The molecule has 30 heavy (non-hydrogen) atoms. The number of carbonyl (C=O) groups excluding carboxylic acids is 2. The first-order valence-corrected chi connectivity index (χ1v) is 10.4. The van der Waals surface area contributed by atoms with E-state index in [2.05, 4.69) is 15.3 Å². The van der Waals surface area contributed by atoms with Crippen molar-refractivity contribution in [2.45, 2.75) is 13.5 Å². The number of halogens is 1. The van der Waals surface area contributed by atoms with Gasteiger partial charge in [-0.05, 0) is 24.6 Å². The number of hydrogen-bond donors (Lipinski definition) is 1. The van der Waals surface area contributed by atoms with Gasteiger partial charge in [-0.1, -0.05) is 11.6 Å². The first-order chi connectivity index (χ1) is 14.4. The molecule has 9 nitrogen and oxygen atoms in total. The lowest BCUT2D eigenvalue weighted by atomic mass is 10.2. The predicted octanol–water partition coefficient (Wildman–Crippen LogP) is 1.93. The maximum Gasteiger partial charge on any atom is 0.267 e. The summed E-state index contributed by atoms with van der Waals surface area (Å²) >= 11 is 6.93. The molecule has 3 aromatic rings. The van der Waals surface area contributed by atoms with Crippen LogP contribution in [0.1, 0.15) is 15.2 Å². The van der Waals surface area contributed by atoms with Crippen molar-refractivity contribution in [2.75, 3.05) is 31.6 Å². The van der Waals surface area contributed by atoms with Crippen LogP contribution in [0.5, 0.6) is 0 Å². The molecule has 3 aromatic heterocycles. The average Bonchev–Trinajstić information content (AvgIpc) is 3.09. The molecule has 0 spiro atoms. The Morgan fingerprint density at radius 2 is 2.03 bits per heavy atom. The van der Waals surface area contributed by atoms with Gasteiger partial charge in [0.15, 0.2) is 0 Å². The molecule has 0 atom stereocenters. The van der Waals surface area contributed by atoms with E-state index in [1.54, 1.807) is 24.0 Å². The number of thiophene rings is 1. The maximum absolute atomic E-state index is 13.0. The van der Waals surface area contributed by atoms with E-state index in [1.807, 2.05) is 0 Å². The minimum atomic E-state index is -0.388. The van der Waals surface area contributed by atoms with E-state index in [1.165, 1.54) is 17.1 Å². The smallest absolute Gasteiger partial charge is 0.267 e. The number of rotatable bonds is 4. The molecule has 1 N–H and O–H groups in total. The third-order valence-electron chi connectivity index (χ3n) is 4.76. The van der Waals surface area contributed by atoms with Crippen LogP contribution in [0.3, 0.4) is 0 Å². The topological polar surface area (TPSA) is 106 Å². The highest BCUT2D eigenvalue weighted by Gasteiger charge is 2.22. The predicted molar refractivity (Wildman–Crippen MR) is 113 cm³/mol. The van der Waals surface area contributed by atoms with Crippen LogP contribution < -0.4 is 10.9 Å². The fourth-order valence-corrected chi connectivity index (χ4v) is 4.32. The number of nitrogens with zero attached hydrogens (tertiary/aromatic N) is 4. The summed E-state index contributed by atoms with van der Waals surface area (Å²) in [5.74, 6) is -0.204. The standard InChI is InChI=1S/C19H18ClN5O4S/c1-11-15-18(30-16(11)17(27)23-13-3-2-12(20)8-21-13)22-10-25(19(15)28)9-14(26)24-4-6-29-7-5-24/h2-3,8,10H,4-7,9H2,1H3,(H,21,23,27). The number of fused-ring (bicyclic) bond motifs is 1. The van der Waals surface area contributed by atoms with Crippen molar-refractivity contribution in [1.29, 1.82) is 0 Å². The lowest BCUT2D eigenvalue weighted by Crippen LogP contribution is -2.43. The quantitative estimate of drug-likeness (QED) is 0.655. The molecule has 0 radical (unpaired) electrons. The SMILES string of the molecule is Cc1c(C(=O)Nc2ccc(Cl)cn2)sc2ncn(CC(=O)N3CCOCC3)c(=O)c12. The van der Waals surface area contributed by atoms with Crippen LogP contribution in [0.2, 0.25) is 5.02 Å². The van der Waals surface area contributed by atoms with E-state index < -0.39 is 0 Å². The van der Waals surface area contributed by atoms with E-state index in [-0.39, 0.29) is 23.9 Å². The molecule has 0 unspecified atom stereocenters. The minimum Gasteiger partial charge on any atom is -0.378 e. The van der Waals surface area contributed by atoms with Crippen LogP contribution in [0.25, 0.3) is 10.2 Å². The zero-order valence-corrected chi connectivity index (χ0v) is 17.6. The van der Waals surface area contributed by atoms with Gasteiger partial charge < -0.3 is 15.0 Å². The highest BCUT2D eigenvalue weighted by Crippen LogP contribution is 2.27. The summed E-state index contributed by atoms with van der Waals surface area (Å²) in [6.45, 7) is 3.58. The van der Waals surface area contributed by atoms with Crippen molar-refractivity contribution in [3.63, 3.8) is 0 Å². The molecule has 0 bridgehead atoms. The second kappa shape index (κ2) is 8.50. The second-order valence-electron chi connectivity index (χ2n) is 6.72. The monoisotopic (exact) mass is 447 g/mol. The zero-order valence-electron chi connectivity index (χ0n) is 16.1. The van der Waals surface area contributed by atoms with Crippen molar-refractivity contribution < 1.29 is 14.3 Å². The summed E-state index contributed by atoms with van der Waals surface area (Å²) in [5.41, 5.74) is 0.172. The Hall–Kier alpha value is -2.82. The van der Waals surface area contributed by atoms with Crippen molar-refractivity contribution in [3.05, 3.63) is 50.5 Å². The number of pyridine rings is 1. The van der Waals surface area contributed by atoms with Gasteiger partial charge in [0, 0.05) is 19.3 Å².